The van der Waals surface area contributed by atoms with Crippen molar-refractivity contribution in [2.45, 2.75) is 33.1 Å². The maximum absolute atomic E-state index is 12.9. The summed E-state index contributed by atoms with van der Waals surface area (Å²) in [4.78, 5) is 40.1. The van der Waals surface area contributed by atoms with E-state index in [9.17, 15) is 19.5 Å². The molecule has 0 unspecified atom stereocenters. The number of hydrogen-bond acceptors (Lipinski definition) is 6. The minimum Gasteiger partial charge on any atom is -0.506 e. The zero-order valence-corrected chi connectivity index (χ0v) is 14.7. The van der Waals surface area contributed by atoms with E-state index in [0.717, 1.165) is 17.7 Å². The number of carboxylic acid groups (broad SMARTS) is 1. The minimum absolute atomic E-state index is 0.0632. The highest BCUT2D eigenvalue weighted by molar-refractivity contribution is 5.98. The molecule has 2 aromatic rings. The third-order valence-corrected chi connectivity index (χ3v) is 4.36. The first-order valence-corrected chi connectivity index (χ1v) is 8.41. The van der Waals surface area contributed by atoms with Gasteiger partial charge in [-0.15, -0.1) is 0 Å². The van der Waals surface area contributed by atoms with Crippen molar-refractivity contribution >= 4 is 11.9 Å². The first kappa shape index (κ1) is 18.6. The molecule has 0 saturated carbocycles. The molecule has 3 heterocycles. The Labute approximate surface area is 154 Å². The Morgan fingerprint density at radius 2 is 2.11 bits per heavy atom. The molecule has 142 valence electrons. The number of rotatable bonds is 6. The van der Waals surface area contributed by atoms with Crippen molar-refractivity contribution in [2.75, 3.05) is 6.54 Å². The third-order valence-electron chi connectivity index (χ3n) is 4.36. The summed E-state index contributed by atoms with van der Waals surface area (Å²) in [5.74, 6) is -2.66. The second-order valence-electron chi connectivity index (χ2n) is 6.12. The summed E-state index contributed by atoms with van der Waals surface area (Å²) in [5.41, 5.74) is 1.32. The van der Waals surface area contributed by atoms with Gasteiger partial charge in [0.15, 0.2) is 0 Å². The van der Waals surface area contributed by atoms with Crippen molar-refractivity contribution in [1.29, 1.82) is 0 Å². The van der Waals surface area contributed by atoms with Gasteiger partial charge in [0.1, 0.15) is 17.9 Å². The van der Waals surface area contributed by atoms with E-state index < -0.39 is 35.3 Å². The van der Waals surface area contributed by atoms with Gasteiger partial charge in [-0.05, 0) is 18.1 Å². The average Bonchev–Trinajstić information content (AvgIpc) is 3.14. The van der Waals surface area contributed by atoms with Crippen LogP contribution in [0, 0.1) is 0 Å². The van der Waals surface area contributed by atoms with Gasteiger partial charge in [0.05, 0.1) is 25.5 Å². The normalized spacial score (nSPS) is 12.6. The Kier molecular flexibility index (Phi) is 5.22. The minimum atomic E-state index is -1.25. The summed E-state index contributed by atoms with van der Waals surface area (Å²) in [7, 11) is 0. The number of carboxylic acids is 1. The van der Waals surface area contributed by atoms with Crippen molar-refractivity contribution < 1.29 is 24.5 Å². The van der Waals surface area contributed by atoms with Gasteiger partial charge in [0, 0.05) is 17.5 Å². The van der Waals surface area contributed by atoms with Crippen LogP contribution in [0.4, 0.5) is 0 Å². The fourth-order valence-corrected chi connectivity index (χ4v) is 2.93. The molecule has 0 aliphatic carbocycles. The monoisotopic (exact) mass is 373 g/mol. The molecule has 3 N–H and O–H groups in total. The second kappa shape index (κ2) is 7.58. The Morgan fingerprint density at radius 1 is 1.33 bits per heavy atom. The summed E-state index contributed by atoms with van der Waals surface area (Å²) in [6, 6.07) is 3.70. The molecule has 2 aromatic heterocycles. The molecular formula is C18H19N3O6. The van der Waals surface area contributed by atoms with Gasteiger partial charge in [-0.2, -0.15) is 0 Å². The second-order valence-corrected chi connectivity index (χ2v) is 6.12. The molecule has 0 aromatic carbocycles. The van der Waals surface area contributed by atoms with Crippen molar-refractivity contribution in [2.24, 2.45) is 0 Å². The first-order chi connectivity index (χ1) is 12.9. The summed E-state index contributed by atoms with van der Waals surface area (Å²) in [6.07, 6.45) is 2.45. The zero-order valence-electron chi connectivity index (χ0n) is 14.7. The maximum Gasteiger partial charge on any atom is 0.322 e. The summed E-state index contributed by atoms with van der Waals surface area (Å²) in [5, 5.41) is 21.2. The average molecular weight is 373 g/mol. The maximum atomic E-state index is 12.9. The molecule has 0 spiro atoms. The molecule has 3 rings (SSSR count). The quantitative estimate of drug-likeness (QED) is 0.668. The molecule has 9 heteroatoms. The highest BCUT2D eigenvalue weighted by atomic mass is 16.5. The van der Waals surface area contributed by atoms with Crippen molar-refractivity contribution in [3.63, 3.8) is 0 Å². The van der Waals surface area contributed by atoms with E-state index >= 15 is 0 Å². The third kappa shape index (κ3) is 3.68. The van der Waals surface area contributed by atoms with Crippen LogP contribution < -0.4 is 10.9 Å². The number of carbonyl (C=O) groups is 2. The number of nitrogens with one attached hydrogen (secondary N) is 1. The number of fused-ring (bicyclic) bond motifs is 1. The predicted molar refractivity (Wildman–Crippen MR) is 93.5 cm³/mol. The Hall–Kier alpha value is -3.20. The number of nitrogens with zero attached hydrogens (tertiary/aromatic N) is 2. The zero-order chi connectivity index (χ0) is 19.6. The summed E-state index contributed by atoms with van der Waals surface area (Å²) < 4.78 is 6.70. The summed E-state index contributed by atoms with van der Waals surface area (Å²) in [6.45, 7) is 1.68. The van der Waals surface area contributed by atoms with E-state index in [0.29, 0.717) is 11.3 Å². The number of aryl methyl sites for hydroxylation is 1. The molecule has 0 fully saturated rings. The number of hydrogen-bond donors (Lipinski definition) is 3. The standard InChI is InChI=1S/C18H19N3O6/c1-2-11-4-3-10(5-19-11)7-21-13-9-27-8-12(13)16(24)15(18(21)26)17(25)20-6-14(22)23/h3-5,24H,2,6-9H2,1H3,(H,20,25)(H,22,23). The van der Waals surface area contributed by atoms with Gasteiger partial charge in [-0.3, -0.25) is 19.4 Å². The van der Waals surface area contributed by atoms with Gasteiger partial charge < -0.3 is 24.8 Å². The fourth-order valence-electron chi connectivity index (χ4n) is 2.93. The smallest absolute Gasteiger partial charge is 0.322 e. The van der Waals surface area contributed by atoms with Crippen LogP contribution in [0.25, 0.3) is 0 Å². The fraction of sp³-hybridized carbons (Fsp3) is 0.333. The molecule has 0 atom stereocenters. The van der Waals surface area contributed by atoms with Gasteiger partial charge >= 0.3 is 5.97 Å². The molecule has 1 aliphatic heterocycles. The molecule has 1 amide bonds. The number of aliphatic carboxylic acids is 1. The Morgan fingerprint density at radius 3 is 2.74 bits per heavy atom. The topological polar surface area (TPSA) is 131 Å². The van der Waals surface area contributed by atoms with Crippen LogP contribution in [0.2, 0.25) is 0 Å². The number of aromatic hydroxyl groups is 1. The molecule has 0 radical (unpaired) electrons. The van der Waals surface area contributed by atoms with E-state index in [1.165, 1.54) is 4.57 Å². The molecular weight excluding hydrogens is 354 g/mol. The molecule has 0 bridgehead atoms. The Bertz CT molecular complexity index is 949. The molecule has 0 saturated heterocycles. The number of ether oxygens (including phenoxy) is 1. The van der Waals surface area contributed by atoms with Crippen LogP contribution in [0.15, 0.2) is 23.1 Å². The van der Waals surface area contributed by atoms with Crippen LogP contribution in [-0.4, -0.2) is 38.2 Å². The van der Waals surface area contributed by atoms with Crippen molar-refractivity contribution in [3.8, 4) is 5.75 Å². The van der Waals surface area contributed by atoms with E-state index in [4.69, 9.17) is 9.84 Å². The Balaban J connectivity index is 2.03. The summed E-state index contributed by atoms with van der Waals surface area (Å²) >= 11 is 0. The van der Waals surface area contributed by atoms with Gasteiger partial charge in [-0.25, -0.2) is 0 Å². The molecule has 9 nitrogen and oxygen atoms in total. The molecule has 27 heavy (non-hydrogen) atoms. The van der Waals surface area contributed by atoms with Crippen LogP contribution in [0.1, 0.15) is 39.8 Å². The SMILES string of the molecule is CCc1ccc(Cn2c3c(c(O)c(C(=O)NCC(=O)O)c2=O)COC3)cn1. The van der Waals surface area contributed by atoms with Gasteiger partial charge in [0.2, 0.25) is 0 Å². The van der Waals surface area contributed by atoms with E-state index in [1.807, 2.05) is 19.1 Å². The van der Waals surface area contributed by atoms with Gasteiger partial charge in [0.25, 0.3) is 11.5 Å². The van der Waals surface area contributed by atoms with Crippen molar-refractivity contribution in [1.82, 2.24) is 14.9 Å². The highest BCUT2D eigenvalue weighted by Crippen LogP contribution is 2.30. The van der Waals surface area contributed by atoms with Crippen LogP contribution >= 0.6 is 0 Å². The largest absolute Gasteiger partial charge is 0.506 e. The lowest BCUT2D eigenvalue weighted by molar-refractivity contribution is -0.135. The lowest BCUT2D eigenvalue weighted by atomic mass is 10.1. The van der Waals surface area contributed by atoms with Crippen molar-refractivity contribution in [3.05, 3.63) is 56.8 Å². The lowest BCUT2D eigenvalue weighted by Crippen LogP contribution is -2.37. The first-order valence-electron chi connectivity index (χ1n) is 8.41. The lowest BCUT2D eigenvalue weighted by Gasteiger charge is -2.15. The number of pyridine rings is 2. The molecule has 1 aliphatic rings. The number of amides is 1. The van der Waals surface area contributed by atoms with Crippen LogP contribution in [0.5, 0.6) is 5.75 Å². The van der Waals surface area contributed by atoms with E-state index in [2.05, 4.69) is 10.3 Å². The van der Waals surface area contributed by atoms with Crippen LogP contribution in [0.3, 0.4) is 0 Å². The predicted octanol–water partition coefficient (Wildman–Crippen LogP) is 0.404. The van der Waals surface area contributed by atoms with E-state index in [1.54, 1.807) is 6.20 Å². The van der Waals surface area contributed by atoms with Crippen LogP contribution in [-0.2, 0) is 35.7 Å². The number of aromatic nitrogens is 2. The number of carbonyl (C=O) groups excluding carboxylic acids is 1. The van der Waals surface area contributed by atoms with E-state index in [-0.39, 0.29) is 19.8 Å². The highest BCUT2D eigenvalue weighted by Gasteiger charge is 2.29. The van der Waals surface area contributed by atoms with Gasteiger partial charge in [-0.1, -0.05) is 13.0 Å².